The molecule has 2 aliphatic rings. The van der Waals surface area contributed by atoms with Crippen molar-refractivity contribution >= 4 is 17.6 Å². The zero-order valence-corrected chi connectivity index (χ0v) is 15.0. The number of carbonyl (C=O) groups is 2. The molecule has 0 saturated heterocycles. The average molecular weight is 347 g/mol. The molecule has 2 aromatic rings. The second kappa shape index (κ2) is 6.45. The van der Waals surface area contributed by atoms with Gasteiger partial charge in [0.2, 0.25) is 5.91 Å². The normalized spacial score (nSPS) is 19.6. The molecule has 0 unspecified atom stereocenters. The fraction of sp³-hybridized carbons (Fsp3) is 0.273. The molecule has 4 nitrogen and oxygen atoms in total. The predicted octanol–water partition coefficient (Wildman–Crippen LogP) is 3.89. The summed E-state index contributed by atoms with van der Waals surface area (Å²) in [6.07, 6.45) is 1.23. The molecule has 2 aliphatic heterocycles. The summed E-state index contributed by atoms with van der Waals surface area (Å²) < 4.78 is 5.32. The van der Waals surface area contributed by atoms with Crippen LogP contribution in [0.2, 0.25) is 0 Å². The van der Waals surface area contributed by atoms with E-state index >= 15 is 0 Å². The Kier molecular flexibility index (Phi) is 4.11. The van der Waals surface area contributed by atoms with Crippen molar-refractivity contribution in [3.05, 3.63) is 76.5 Å². The highest BCUT2D eigenvalue weighted by Gasteiger charge is 2.42. The number of anilines is 1. The monoisotopic (exact) mass is 347 g/mol. The van der Waals surface area contributed by atoms with Crippen LogP contribution in [-0.2, 0) is 20.7 Å². The fourth-order valence-corrected chi connectivity index (χ4v) is 3.79. The second-order valence-corrected chi connectivity index (χ2v) is 6.86. The molecule has 0 N–H and O–H groups in total. The number of rotatable bonds is 3. The minimum Gasteiger partial charge on any atom is -0.456 e. The number of hydrogen-bond donors (Lipinski definition) is 0. The third-order valence-electron chi connectivity index (χ3n) is 5.17. The van der Waals surface area contributed by atoms with Crippen LogP contribution in [0.15, 0.2) is 59.8 Å². The quantitative estimate of drug-likeness (QED) is 0.792. The zero-order chi connectivity index (χ0) is 18.3. The summed E-state index contributed by atoms with van der Waals surface area (Å²) in [7, 11) is 0. The van der Waals surface area contributed by atoms with Gasteiger partial charge < -0.3 is 4.74 Å². The topological polar surface area (TPSA) is 46.6 Å². The number of esters is 1. The van der Waals surface area contributed by atoms with Gasteiger partial charge >= 0.3 is 5.97 Å². The maximum absolute atomic E-state index is 13.0. The van der Waals surface area contributed by atoms with Gasteiger partial charge in [-0.15, -0.1) is 0 Å². The average Bonchev–Trinajstić information content (AvgIpc) is 3.02. The van der Waals surface area contributed by atoms with Gasteiger partial charge in [0.25, 0.3) is 0 Å². The van der Waals surface area contributed by atoms with Crippen LogP contribution in [-0.4, -0.2) is 18.5 Å². The van der Waals surface area contributed by atoms with Crippen LogP contribution in [0, 0.1) is 6.92 Å². The van der Waals surface area contributed by atoms with Crippen LogP contribution < -0.4 is 4.90 Å². The Hall–Kier alpha value is -2.88. The molecule has 4 rings (SSSR count). The Morgan fingerprint density at radius 2 is 1.88 bits per heavy atom. The molecular formula is C22H21NO3. The molecule has 0 saturated carbocycles. The van der Waals surface area contributed by atoms with Gasteiger partial charge in [-0.05, 0) is 42.2 Å². The van der Waals surface area contributed by atoms with Gasteiger partial charge in [0.1, 0.15) is 6.61 Å². The van der Waals surface area contributed by atoms with E-state index in [4.69, 9.17) is 4.74 Å². The highest BCUT2D eigenvalue weighted by atomic mass is 16.5. The lowest BCUT2D eigenvalue weighted by atomic mass is 9.83. The summed E-state index contributed by atoms with van der Waals surface area (Å²) in [5.74, 6) is -0.550. The van der Waals surface area contributed by atoms with E-state index in [1.165, 1.54) is 5.56 Å². The molecule has 1 amide bonds. The van der Waals surface area contributed by atoms with Crippen LogP contribution in [0.1, 0.15) is 36.0 Å². The standard InChI is InChI=1S/C22H21NO3/c1-3-15-7-9-16(10-8-15)18-12-20(24)23(17-6-4-5-14(2)11-17)19-13-26-22(25)21(18)19/h4-11,18H,3,12-13H2,1-2H3/t18-/m1/s1. The first-order chi connectivity index (χ1) is 12.6. The molecule has 2 heterocycles. The lowest BCUT2D eigenvalue weighted by Crippen LogP contribution is -2.37. The van der Waals surface area contributed by atoms with Crippen molar-refractivity contribution in [2.45, 2.75) is 32.6 Å². The van der Waals surface area contributed by atoms with Crippen molar-refractivity contribution in [3.63, 3.8) is 0 Å². The van der Waals surface area contributed by atoms with E-state index in [1.807, 2.05) is 43.3 Å². The molecule has 0 radical (unpaired) electrons. The molecule has 0 fully saturated rings. The van der Waals surface area contributed by atoms with E-state index in [0.717, 1.165) is 23.2 Å². The largest absolute Gasteiger partial charge is 0.456 e. The molecule has 4 heteroatoms. The molecule has 2 aromatic carbocycles. The van der Waals surface area contributed by atoms with Gasteiger partial charge in [-0.1, -0.05) is 43.3 Å². The zero-order valence-electron chi connectivity index (χ0n) is 15.0. The van der Waals surface area contributed by atoms with Crippen molar-refractivity contribution in [2.24, 2.45) is 0 Å². The van der Waals surface area contributed by atoms with Gasteiger partial charge in [-0.25, -0.2) is 4.79 Å². The van der Waals surface area contributed by atoms with Gasteiger partial charge in [0, 0.05) is 18.0 Å². The molecule has 0 aromatic heterocycles. The Morgan fingerprint density at radius 1 is 1.12 bits per heavy atom. The fourth-order valence-electron chi connectivity index (χ4n) is 3.79. The van der Waals surface area contributed by atoms with Crippen LogP contribution in [0.4, 0.5) is 5.69 Å². The van der Waals surface area contributed by atoms with E-state index in [2.05, 4.69) is 19.1 Å². The maximum atomic E-state index is 13.0. The number of hydrogen-bond acceptors (Lipinski definition) is 3. The summed E-state index contributed by atoms with van der Waals surface area (Å²) in [6.45, 7) is 4.24. The highest BCUT2D eigenvalue weighted by molar-refractivity contribution is 6.06. The Morgan fingerprint density at radius 3 is 2.58 bits per heavy atom. The molecule has 1 atom stereocenters. The third-order valence-corrected chi connectivity index (χ3v) is 5.17. The van der Waals surface area contributed by atoms with Crippen molar-refractivity contribution in [1.82, 2.24) is 0 Å². The lowest BCUT2D eigenvalue weighted by molar-refractivity contribution is -0.136. The molecular weight excluding hydrogens is 326 g/mol. The lowest BCUT2D eigenvalue weighted by Gasteiger charge is -2.32. The van der Waals surface area contributed by atoms with Crippen LogP contribution >= 0.6 is 0 Å². The van der Waals surface area contributed by atoms with Gasteiger partial charge in [0.05, 0.1) is 11.3 Å². The predicted molar refractivity (Wildman–Crippen MR) is 99.8 cm³/mol. The molecule has 0 bridgehead atoms. The Bertz CT molecular complexity index is 911. The van der Waals surface area contributed by atoms with Crippen molar-refractivity contribution in [3.8, 4) is 0 Å². The van der Waals surface area contributed by atoms with Crippen LogP contribution in [0.25, 0.3) is 0 Å². The van der Waals surface area contributed by atoms with E-state index < -0.39 is 0 Å². The number of benzene rings is 2. The third kappa shape index (κ3) is 2.71. The van der Waals surface area contributed by atoms with Crippen LogP contribution in [0.3, 0.4) is 0 Å². The minimum absolute atomic E-state index is 0.00258. The number of ether oxygens (including phenoxy) is 1. The van der Waals surface area contributed by atoms with Crippen molar-refractivity contribution < 1.29 is 14.3 Å². The highest BCUT2D eigenvalue weighted by Crippen LogP contribution is 2.41. The van der Waals surface area contributed by atoms with Crippen molar-refractivity contribution in [1.29, 1.82) is 0 Å². The van der Waals surface area contributed by atoms with Crippen LogP contribution in [0.5, 0.6) is 0 Å². The van der Waals surface area contributed by atoms with Gasteiger partial charge in [-0.3, -0.25) is 9.69 Å². The molecule has 26 heavy (non-hydrogen) atoms. The maximum Gasteiger partial charge on any atom is 0.336 e. The minimum atomic E-state index is -0.310. The number of carbonyl (C=O) groups excluding carboxylic acids is 2. The number of cyclic esters (lactones) is 1. The molecule has 0 spiro atoms. The Labute approximate surface area is 153 Å². The number of amides is 1. The van der Waals surface area contributed by atoms with Gasteiger partial charge in [0.15, 0.2) is 0 Å². The van der Waals surface area contributed by atoms with E-state index in [0.29, 0.717) is 11.3 Å². The molecule has 0 aliphatic carbocycles. The van der Waals surface area contributed by atoms with Gasteiger partial charge in [-0.2, -0.15) is 0 Å². The van der Waals surface area contributed by atoms with E-state index in [1.54, 1.807) is 4.90 Å². The molecule has 132 valence electrons. The summed E-state index contributed by atoms with van der Waals surface area (Å²) in [5, 5.41) is 0. The first kappa shape index (κ1) is 16.6. The summed E-state index contributed by atoms with van der Waals surface area (Å²) in [4.78, 5) is 27.1. The smallest absolute Gasteiger partial charge is 0.336 e. The van der Waals surface area contributed by atoms with E-state index in [-0.39, 0.29) is 30.8 Å². The first-order valence-corrected chi connectivity index (χ1v) is 8.97. The summed E-state index contributed by atoms with van der Waals surface area (Å²) in [5.41, 5.74) is 5.39. The summed E-state index contributed by atoms with van der Waals surface area (Å²) >= 11 is 0. The SMILES string of the molecule is CCc1ccc([C@H]2CC(=O)N(c3cccc(C)c3)C3=C2C(=O)OC3)cc1. The first-order valence-electron chi connectivity index (χ1n) is 8.97. The van der Waals surface area contributed by atoms with E-state index in [9.17, 15) is 9.59 Å². The summed E-state index contributed by atoms with van der Waals surface area (Å²) in [6, 6.07) is 15.9. The Balaban J connectivity index is 1.80. The number of aryl methyl sites for hydroxylation is 2. The van der Waals surface area contributed by atoms with Crippen molar-refractivity contribution in [2.75, 3.05) is 11.5 Å². The number of nitrogens with zero attached hydrogens (tertiary/aromatic N) is 1. The second-order valence-electron chi connectivity index (χ2n) is 6.86.